The Bertz CT molecular complexity index is 318. The first-order valence-corrected chi connectivity index (χ1v) is 5.53. The van der Waals surface area contributed by atoms with E-state index in [9.17, 15) is 8.78 Å². The van der Waals surface area contributed by atoms with Crippen LogP contribution in [0.2, 0.25) is 0 Å². The van der Waals surface area contributed by atoms with Gasteiger partial charge in [0, 0.05) is 0 Å². The third-order valence-electron chi connectivity index (χ3n) is 2.17. The third kappa shape index (κ3) is 4.14. The lowest BCUT2D eigenvalue weighted by Crippen LogP contribution is -2.14. The topological polar surface area (TPSA) is 21.3 Å². The predicted octanol–water partition coefficient (Wildman–Crippen LogP) is 2.73. The minimum Gasteiger partial charge on any atom is -0.490 e. The van der Waals surface area contributed by atoms with Crippen LogP contribution in [0.4, 0.5) is 8.78 Å². The summed E-state index contributed by atoms with van der Waals surface area (Å²) < 4.78 is 31.1. The van der Waals surface area contributed by atoms with Gasteiger partial charge in [-0.2, -0.15) is 4.39 Å². The largest absolute Gasteiger partial charge is 0.490 e. The fraction of sp³-hybridized carbons (Fsp3) is 0.500. The Morgan fingerprint density at radius 3 is 2.81 bits per heavy atom. The van der Waals surface area contributed by atoms with Crippen LogP contribution >= 0.6 is 0 Å². The molecule has 0 aliphatic rings. The van der Waals surface area contributed by atoms with Gasteiger partial charge in [-0.3, -0.25) is 0 Å². The van der Waals surface area contributed by atoms with Crippen molar-refractivity contribution in [2.75, 3.05) is 19.7 Å². The van der Waals surface area contributed by atoms with E-state index in [1.165, 1.54) is 12.1 Å². The predicted molar refractivity (Wildman–Crippen MR) is 59.6 cm³/mol. The molecule has 0 heterocycles. The summed E-state index contributed by atoms with van der Waals surface area (Å²) in [6.45, 7) is 4.31. The van der Waals surface area contributed by atoms with Gasteiger partial charge in [-0.05, 0) is 38.1 Å². The Kier molecular flexibility index (Phi) is 5.78. The Morgan fingerprint density at radius 2 is 2.06 bits per heavy atom. The van der Waals surface area contributed by atoms with Crippen LogP contribution in [0, 0.1) is 11.6 Å². The summed E-state index contributed by atoms with van der Waals surface area (Å²) in [4.78, 5) is 0. The van der Waals surface area contributed by atoms with Gasteiger partial charge >= 0.3 is 0 Å². The van der Waals surface area contributed by atoms with Crippen molar-refractivity contribution in [1.82, 2.24) is 5.32 Å². The second kappa shape index (κ2) is 7.17. The molecule has 1 aromatic carbocycles. The Labute approximate surface area is 94.6 Å². The van der Waals surface area contributed by atoms with Gasteiger partial charge in [0.05, 0.1) is 6.61 Å². The molecule has 0 fully saturated rings. The second-order valence-electron chi connectivity index (χ2n) is 3.46. The molecule has 0 aliphatic carbocycles. The molecule has 1 rings (SSSR count). The van der Waals surface area contributed by atoms with Crippen molar-refractivity contribution < 1.29 is 13.5 Å². The van der Waals surface area contributed by atoms with E-state index in [0.29, 0.717) is 6.61 Å². The molecule has 0 aliphatic heterocycles. The highest BCUT2D eigenvalue weighted by Crippen LogP contribution is 2.19. The van der Waals surface area contributed by atoms with Crippen LogP contribution in [0.15, 0.2) is 18.2 Å². The van der Waals surface area contributed by atoms with Crippen LogP contribution in [0.1, 0.15) is 19.8 Å². The van der Waals surface area contributed by atoms with E-state index in [2.05, 4.69) is 5.32 Å². The van der Waals surface area contributed by atoms with Gasteiger partial charge in [0.2, 0.25) is 5.82 Å². The quantitative estimate of drug-likeness (QED) is 0.726. The lowest BCUT2D eigenvalue weighted by atomic mass is 10.3. The number of ether oxygens (including phenoxy) is 1. The maximum atomic E-state index is 13.1. The highest BCUT2D eigenvalue weighted by atomic mass is 19.2. The summed E-state index contributed by atoms with van der Waals surface area (Å²) in [6.07, 6.45) is 1.79. The zero-order chi connectivity index (χ0) is 11.8. The minimum absolute atomic E-state index is 0.0107. The summed E-state index contributed by atoms with van der Waals surface area (Å²) in [5.41, 5.74) is 0. The van der Waals surface area contributed by atoms with Gasteiger partial charge in [-0.15, -0.1) is 0 Å². The molecule has 0 saturated carbocycles. The molecular weight excluding hydrogens is 212 g/mol. The third-order valence-corrected chi connectivity index (χ3v) is 2.17. The van der Waals surface area contributed by atoms with Crippen molar-refractivity contribution in [2.45, 2.75) is 19.8 Å². The number of hydrogen-bond donors (Lipinski definition) is 1. The standard InChI is InChI=1S/C12H17F2NO/c1-2-15-8-3-4-9-16-11-7-5-6-10(13)12(11)14/h5-7,15H,2-4,8-9H2,1H3. The van der Waals surface area contributed by atoms with Gasteiger partial charge in [0.15, 0.2) is 11.6 Å². The second-order valence-corrected chi connectivity index (χ2v) is 3.46. The van der Waals surface area contributed by atoms with Crippen LogP contribution in [0.3, 0.4) is 0 Å². The van der Waals surface area contributed by atoms with Crippen LogP contribution in [-0.4, -0.2) is 19.7 Å². The summed E-state index contributed by atoms with van der Waals surface area (Å²) in [5.74, 6) is -1.79. The summed E-state index contributed by atoms with van der Waals surface area (Å²) in [7, 11) is 0. The summed E-state index contributed by atoms with van der Waals surface area (Å²) in [5, 5.41) is 3.18. The molecular formula is C12H17F2NO. The monoisotopic (exact) mass is 229 g/mol. The van der Waals surface area contributed by atoms with E-state index in [-0.39, 0.29) is 5.75 Å². The number of halogens is 2. The molecule has 0 saturated heterocycles. The molecule has 1 N–H and O–H groups in total. The van der Waals surface area contributed by atoms with Crippen LogP contribution in [0.5, 0.6) is 5.75 Å². The first kappa shape index (κ1) is 12.9. The van der Waals surface area contributed by atoms with Gasteiger partial charge < -0.3 is 10.1 Å². The van der Waals surface area contributed by atoms with Gasteiger partial charge in [-0.1, -0.05) is 13.0 Å². The number of nitrogens with one attached hydrogen (secondary N) is 1. The van der Waals surface area contributed by atoms with Crippen molar-refractivity contribution >= 4 is 0 Å². The molecule has 0 aromatic heterocycles. The van der Waals surface area contributed by atoms with Crippen molar-refractivity contribution in [3.8, 4) is 5.75 Å². The lowest BCUT2D eigenvalue weighted by molar-refractivity contribution is 0.286. The van der Waals surface area contributed by atoms with E-state index in [0.717, 1.165) is 32.0 Å². The minimum atomic E-state index is -0.908. The molecule has 16 heavy (non-hydrogen) atoms. The average molecular weight is 229 g/mol. The molecule has 0 spiro atoms. The molecule has 2 nitrogen and oxygen atoms in total. The van der Waals surface area contributed by atoms with E-state index in [1.54, 1.807) is 0 Å². The zero-order valence-electron chi connectivity index (χ0n) is 9.43. The molecule has 0 atom stereocenters. The molecule has 0 amide bonds. The van der Waals surface area contributed by atoms with E-state index in [4.69, 9.17) is 4.74 Å². The fourth-order valence-electron chi connectivity index (χ4n) is 1.31. The SMILES string of the molecule is CCNCCCCOc1cccc(F)c1F. The van der Waals surface area contributed by atoms with Crippen LogP contribution in [-0.2, 0) is 0 Å². The van der Waals surface area contributed by atoms with Crippen molar-refractivity contribution in [3.05, 3.63) is 29.8 Å². The maximum absolute atomic E-state index is 13.1. The lowest BCUT2D eigenvalue weighted by Gasteiger charge is -2.07. The van der Waals surface area contributed by atoms with E-state index >= 15 is 0 Å². The maximum Gasteiger partial charge on any atom is 0.200 e. The highest BCUT2D eigenvalue weighted by Gasteiger charge is 2.07. The summed E-state index contributed by atoms with van der Waals surface area (Å²) in [6, 6.07) is 3.95. The molecule has 90 valence electrons. The van der Waals surface area contributed by atoms with E-state index in [1.807, 2.05) is 6.92 Å². The van der Waals surface area contributed by atoms with Crippen molar-refractivity contribution in [2.24, 2.45) is 0 Å². The van der Waals surface area contributed by atoms with Gasteiger partial charge in [0.25, 0.3) is 0 Å². The molecule has 1 aromatic rings. The molecule has 4 heteroatoms. The van der Waals surface area contributed by atoms with Crippen LogP contribution < -0.4 is 10.1 Å². The molecule has 0 bridgehead atoms. The van der Waals surface area contributed by atoms with Gasteiger partial charge in [-0.25, -0.2) is 4.39 Å². The van der Waals surface area contributed by atoms with Crippen LogP contribution in [0.25, 0.3) is 0 Å². The van der Waals surface area contributed by atoms with Crippen molar-refractivity contribution in [1.29, 1.82) is 0 Å². The zero-order valence-corrected chi connectivity index (χ0v) is 9.43. The highest BCUT2D eigenvalue weighted by molar-refractivity contribution is 5.24. The number of hydrogen-bond acceptors (Lipinski definition) is 2. The Morgan fingerprint density at radius 1 is 1.25 bits per heavy atom. The number of rotatable bonds is 7. The van der Waals surface area contributed by atoms with E-state index < -0.39 is 11.6 Å². The Hall–Kier alpha value is -1.16. The average Bonchev–Trinajstić information content (AvgIpc) is 2.29. The Balaban J connectivity index is 2.24. The smallest absolute Gasteiger partial charge is 0.200 e. The van der Waals surface area contributed by atoms with Crippen molar-refractivity contribution in [3.63, 3.8) is 0 Å². The number of unbranched alkanes of at least 4 members (excludes halogenated alkanes) is 1. The molecule has 0 unspecified atom stereocenters. The molecule has 0 radical (unpaired) electrons. The fourth-order valence-corrected chi connectivity index (χ4v) is 1.31. The summed E-state index contributed by atoms with van der Waals surface area (Å²) >= 11 is 0. The number of benzene rings is 1. The first-order valence-electron chi connectivity index (χ1n) is 5.53. The van der Waals surface area contributed by atoms with Gasteiger partial charge in [0.1, 0.15) is 0 Å². The first-order chi connectivity index (χ1) is 7.75. The normalized spacial score (nSPS) is 10.4.